The van der Waals surface area contributed by atoms with Crippen LogP contribution in [0.4, 0.5) is 0 Å². The average Bonchev–Trinajstić information content (AvgIpc) is 2.29. The van der Waals surface area contributed by atoms with Gasteiger partial charge < -0.3 is 4.74 Å². The first-order valence-corrected chi connectivity index (χ1v) is 4.66. The van der Waals surface area contributed by atoms with Crippen molar-refractivity contribution in [3.63, 3.8) is 0 Å². The summed E-state index contributed by atoms with van der Waals surface area (Å²) in [6, 6.07) is 0. The van der Waals surface area contributed by atoms with Gasteiger partial charge in [-0.25, -0.2) is 0 Å². The number of aromatic nitrogens is 1. The molecule has 0 N–H and O–H groups in total. The maximum absolute atomic E-state index is 10.6. The van der Waals surface area contributed by atoms with Crippen LogP contribution in [-0.2, 0) is 11.2 Å². The van der Waals surface area contributed by atoms with Crippen LogP contribution in [0.5, 0.6) is 5.88 Å². The van der Waals surface area contributed by atoms with Crippen molar-refractivity contribution in [1.29, 1.82) is 0 Å². The summed E-state index contributed by atoms with van der Waals surface area (Å²) in [7, 11) is 0. The zero-order chi connectivity index (χ0) is 9.14. The highest BCUT2D eigenvalue weighted by Gasteiger charge is 2.10. The molecule has 0 aliphatic heterocycles. The van der Waals surface area contributed by atoms with Crippen LogP contribution < -0.4 is 4.74 Å². The highest BCUT2D eigenvalue weighted by molar-refractivity contribution is 7.16. The molecule has 0 fully saturated rings. The second kappa shape index (κ2) is 3.87. The molecule has 0 radical (unpaired) electrons. The molecule has 0 aliphatic carbocycles. The van der Waals surface area contributed by atoms with E-state index in [1.807, 2.05) is 6.92 Å². The minimum absolute atomic E-state index is 0.347. The lowest BCUT2D eigenvalue weighted by Crippen LogP contribution is -2.02. The Kier molecular flexibility index (Phi) is 3.05. The molecule has 0 saturated carbocycles. The van der Waals surface area contributed by atoms with E-state index in [9.17, 15) is 4.79 Å². The number of aryl methyl sites for hydroxylation is 1. The molecule has 0 unspecified atom stereocenters. The van der Waals surface area contributed by atoms with Crippen molar-refractivity contribution in [2.45, 2.75) is 20.3 Å². The van der Waals surface area contributed by atoms with E-state index in [0.29, 0.717) is 10.3 Å². The molecule has 66 valence electrons. The molecule has 0 amide bonds. The highest BCUT2D eigenvalue weighted by Crippen LogP contribution is 2.28. The van der Waals surface area contributed by atoms with Gasteiger partial charge in [0.2, 0.25) is 5.88 Å². The number of thiazole rings is 1. The van der Waals surface area contributed by atoms with E-state index in [0.717, 1.165) is 11.3 Å². The molecule has 0 spiro atoms. The van der Waals surface area contributed by atoms with E-state index < -0.39 is 0 Å². The molecule has 1 aromatic heterocycles. The van der Waals surface area contributed by atoms with Crippen molar-refractivity contribution >= 4 is 28.9 Å². The molecule has 0 bridgehead atoms. The fourth-order valence-electron chi connectivity index (χ4n) is 0.750. The Hall–Kier alpha value is -0.610. The number of hydrogen-bond acceptors (Lipinski definition) is 4. The number of halogens is 1. The molecule has 1 aromatic rings. The van der Waals surface area contributed by atoms with Crippen LogP contribution in [0.2, 0.25) is 4.47 Å². The number of carbonyl (C=O) groups is 1. The predicted octanol–water partition coefficient (Wildman–Crippen LogP) is 2.28. The first kappa shape index (κ1) is 9.48. The van der Waals surface area contributed by atoms with Crippen molar-refractivity contribution in [2.75, 3.05) is 0 Å². The van der Waals surface area contributed by atoms with Crippen LogP contribution in [0.3, 0.4) is 0 Å². The molecule has 0 saturated heterocycles. The third kappa shape index (κ3) is 2.19. The van der Waals surface area contributed by atoms with Crippen molar-refractivity contribution in [3.8, 4) is 5.88 Å². The summed E-state index contributed by atoms with van der Waals surface area (Å²) < 4.78 is 5.24. The number of rotatable bonds is 2. The first-order valence-electron chi connectivity index (χ1n) is 3.47. The highest BCUT2D eigenvalue weighted by atomic mass is 35.5. The van der Waals surface area contributed by atoms with Crippen molar-refractivity contribution in [1.82, 2.24) is 4.98 Å². The number of ether oxygens (including phenoxy) is 1. The maximum atomic E-state index is 10.6. The van der Waals surface area contributed by atoms with Gasteiger partial charge in [0, 0.05) is 6.92 Å². The van der Waals surface area contributed by atoms with Crippen LogP contribution >= 0.6 is 22.9 Å². The van der Waals surface area contributed by atoms with E-state index >= 15 is 0 Å². The van der Waals surface area contributed by atoms with Gasteiger partial charge in [0.05, 0.1) is 4.88 Å². The Labute approximate surface area is 79.3 Å². The number of esters is 1. The minimum Gasteiger partial charge on any atom is -0.406 e. The molecule has 1 rings (SSSR count). The van der Waals surface area contributed by atoms with E-state index in [1.54, 1.807) is 0 Å². The van der Waals surface area contributed by atoms with Gasteiger partial charge in [0.1, 0.15) is 0 Å². The Bertz CT molecular complexity index is 298. The molecule has 12 heavy (non-hydrogen) atoms. The molecule has 0 atom stereocenters. The lowest BCUT2D eigenvalue weighted by atomic mass is 10.4. The van der Waals surface area contributed by atoms with Gasteiger partial charge in [-0.2, -0.15) is 4.98 Å². The van der Waals surface area contributed by atoms with E-state index in [4.69, 9.17) is 16.3 Å². The number of carbonyl (C=O) groups excluding carboxylic acids is 1. The Morgan fingerprint density at radius 2 is 2.42 bits per heavy atom. The first-order chi connectivity index (χ1) is 5.63. The van der Waals surface area contributed by atoms with Gasteiger partial charge in [-0.1, -0.05) is 18.5 Å². The van der Waals surface area contributed by atoms with Crippen molar-refractivity contribution in [2.24, 2.45) is 0 Å². The third-order valence-corrected chi connectivity index (χ3v) is 2.48. The summed E-state index contributed by atoms with van der Waals surface area (Å²) in [5.74, 6) is -0.0216. The molecular weight excluding hydrogens is 198 g/mol. The normalized spacial score (nSPS) is 9.92. The van der Waals surface area contributed by atoms with Crippen molar-refractivity contribution < 1.29 is 9.53 Å². The second-order valence-corrected chi connectivity index (χ2v) is 3.81. The van der Waals surface area contributed by atoms with Crippen molar-refractivity contribution in [3.05, 3.63) is 9.34 Å². The summed E-state index contributed by atoms with van der Waals surface area (Å²) in [6.07, 6.45) is 0.771. The van der Waals surface area contributed by atoms with Crippen LogP contribution in [0.1, 0.15) is 18.7 Å². The molecular formula is C7H8ClNO2S. The van der Waals surface area contributed by atoms with Gasteiger partial charge in [0.15, 0.2) is 4.47 Å². The summed E-state index contributed by atoms with van der Waals surface area (Å²) in [4.78, 5) is 15.4. The maximum Gasteiger partial charge on any atom is 0.309 e. The average molecular weight is 206 g/mol. The van der Waals surface area contributed by atoms with Gasteiger partial charge in [-0.15, -0.1) is 11.3 Å². The van der Waals surface area contributed by atoms with E-state index in [1.165, 1.54) is 18.3 Å². The van der Waals surface area contributed by atoms with Crippen LogP contribution in [0.15, 0.2) is 0 Å². The van der Waals surface area contributed by atoms with Gasteiger partial charge in [-0.3, -0.25) is 4.79 Å². The summed E-state index contributed by atoms with van der Waals surface area (Å²) in [6.45, 7) is 3.30. The fraction of sp³-hybridized carbons (Fsp3) is 0.429. The second-order valence-electron chi connectivity index (χ2n) is 2.14. The molecule has 0 aromatic carbocycles. The minimum atomic E-state index is -0.369. The Morgan fingerprint density at radius 1 is 1.75 bits per heavy atom. The fourth-order valence-corrected chi connectivity index (χ4v) is 1.76. The zero-order valence-electron chi connectivity index (χ0n) is 6.76. The molecule has 5 heteroatoms. The van der Waals surface area contributed by atoms with Gasteiger partial charge in [0.25, 0.3) is 0 Å². The van der Waals surface area contributed by atoms with E-state index in [2.05, 4.69) is 4.98 Å². The Balaban J connectivity index is 2.89. The quantitative estimate of drug-likeness (QED) is 0.696. The molecule has 0 aliphatic rings. The zero-order valence-corrected chi connectivity index (χ0v) is 8.33. The summed E-state index contributed by atoms with van der Waals surface area (Å²) in [5.41, 5.74) is 0. The van der Waals surface area contributed by atoms with Gasteiger partial charge in [-0.05, 0) is 6.42 Å². The third-order valence-electron chi connectivity index (χ3n) is 1.20. The molecule has 3 nitrogen and oxygen atoms in total. The van der Waals surface area contributed by atoms with Crippen LogP contribution in [0.25, 0.3) is 0 Å². The van der Waals surface area contributed by atoms with E-state index in [-0.39, 0.29) is 5.97 Å². The summed E-state index contributed by atoms with van der Waals surface area (Å²) in [5, 5.41) is 0. The monoisotopic (exact) mass is 205 g/mol. The number of nitrogens with zero attached hydrogens (tertiary/aromatic N) is 1. The lowest BCUT2D eigenvalue weighted by molar-refractivity contribution is -0.132. The number of hydrogen-bond donors (Lipinski definition) is 0. The smallest absolute Gasteiger partial charge is 0.309 e. The standard InChI is InChI=1S/C7H8ClNO2S/c1-3-5-6(11-4(2)10)9-7(8)12-5/h3H2,1-2H3. The SMILES string of the molecule is CCc1sc(Cl)nc1OC(C)=O. The topological polar surface area (TPSA) is 39.2 Å². The van der Waals surface area contributed by atoms with Gasteiger partial charge >= 0.3 is 5.97 Å². The Morgan fingerprint density at radius 3 is 2.92 bits per heavy atom. The lowest BCUT2D eigenvalue weighted by Gasteiger charge is -1.96. The predicted molar refractivity (Wildman–Crippen MR) is 47.8 cm³/mol. The summed E-state index contributed by atoms with van der Waals surface area (Å²) >= 11 is 6.98. The largest absolute Gasteiger partial charge is 0.406 e. The van der Waals surface area contributed by atoms with Crippen LogP contribution in [-0.4, -0.2) is 11.0 Å². The van der Waals surface area contributed by atoms with Crippen LogP contribution in [0, 0.1) is 0 Å². The molecule has 1 heterocycles.